The van der Waals surface area contributed by atoms with Gasteiger partial charge >= 0.3 is 0 Å². The molecule has 0 spiro atoms. The zero-order valence-corrected chi connectivity index (χ0v) is 62.3. The first kappa shape index (κ1) is 81.0. The average Bonchev–Trinajstić information content (AvgIpc) is 1.68. The van der Waals surface area contributed by atoms with Crippen LogP contribution in [0.5, 0.6) is 0 Å². The van der Waals surface area contributed by atoms with Crippen LogP contribution < -0.4 is 65.1 Å². The molecular weight excluding hydrogens is 1390 g/mol. The molecule has 0 unspecified atom stereocenters. The smallest absolute Gasteiger partial charge is 0.245 e. The maximum atomic E-state index is 15.4. The van der Waals surface area contributed by atoms with Gasteiger partial charge in [-0.25, -0.2) is 4.39 Å². The van der Waals surface area contributed by atoms with Crippen molar-refractivity contribution in [2.75, 3.05) is 52.9 Å². The molecule has 582 valence electrons. The van der Waals surface area contributed by atoms with Crippen LogP contribution in [0.1, 0.15) is 117 Å². The molecule has 2 aliphatic heterocycles. The van der Waals surface area contributed by atoms with Crippen molar-refractivity contribution in [2.45, 2.75) is 177 Å². The highest BCUT2D eigenvalue weighted by molar-refractivity contribution is 5.99. The minimum absolute atomic E-state index is 0.0121. The lowest BCUT2D eigenvalue weighted by atomic mass is 9.72. The number of aliphatic hydroxyl groups is 1. The van der Waals surface area contributed by atoms with Gasteiger partial charge in [0.15, 0.2) is 5.96 Å². The summed E-state index contributed by atoms with van der Waals surface area (Å²) in [7, 11) is 2.19. The minimum Gasteiger partial charge on any atom is -0.391 e. The number of halogens is 1. The fourth-order valence-corrected chi connectivity index (χ4v) is 15.4. The maximum Gasteiger partial charge on any atom is 0.245 e. The first-order valence-electron chi connectivity index (χ1n) is 38.1. The number of likely N-dealkylation sites (tertiary alicyclic amines) is 1. The van der Waals surface area contributed by atoms with Crippen LogP contribution in [-0.2, 0) is 75.3 Å². The van der Waals surface area contributed by atoms with Crippen molar-refractivity contribution in [3.63, 3.8) is 0 Å². The number of carbonyl (C=O) groups excluding carboxylic acids is 9. The van der Waals surface area contributed by atoms with E-state index in [0.29, 0.717) is 72.5 Å². The monoisotopic (exact) mass is 1500 g/mol. The molecule has 2 aromatic heterocycles. The molecule has 28 heteroatoms. The molecule has 2 fully saturated rings. The molecule has 2 saturated heterocycles. The van der Waals surface area contributed by atoms with Gasteiger partial charge in [-0.2, -0.15) is 0 Å². The molecule has 0 saturated carbocycles. The Morgan fingerprint density at radius 1 is 0.624 bits per heavy atom. The van der Waals surface area contributed by atoms with Crippen molar-refractivity contribution in [2.24, 2.45) is 28.1 Å². The summed E-state index contributed by atoms with van der Waals surface area (Å²) in [5.74, 6) is -6.98. The van der Waals surface area contributed by atoms with Crippen molar-refractivity contribution >= 4 is 80.9 Å². The zero-order chi connectivity index (χ0) is 77.5. The first-order chi connectivity index (χ1) is 52.6. The Balaban J connectivity index is 0.974. The standard InChI is InChI=1S/C81H106FN17O10/c1-49(100)72-80(109)96-65(42-53-30-32-57(82)33-31-53)73(102)87-36-15-13-29-69(99(50(2)101)38-18-35-86-45-54-39-60-59-24-16-27-62-71(59)56(47-90-62)44-70(60)98(3)48-54)79(108)92-64(28-17-37-88-81(84)85)74(103)93-66(40-51-19-6-4-7-20-51)76(105)94-67(41-52-21-8-5-9-22-52)77(106)95-68(43-55-46-89-61-25-11-10-23-58(55)61)78(107)91-63(75(104)97-72)26-12-14-34-83/h4-11,16,19-25,27,30-33,46-47,49,54,60,63-70,72,86,89-90,100H,12-15,17-18,26,28-29,34-45,48,83H2,1-3H3,(H,87,102)(H,91,107)(H,92,108)(H,93,103)(H,94,105)(H,95,106)(H,96,109)(H,97,104)(H4,84,85,88)/t49-,54+,60-,63+,64+,65+,66+,67+,68-,69-,70-,72+/m1/s1. The van der Waals surface area contributed by atoms with E-state index in [4.69, 9.17) is 17.2 Å². The molecule has 0 bridgehead atoms. The van der Waals surface area contributed by atoms with Crippen LogP contribution in [0.4, 0.5) is 4.39 Å². The Kier molecular flexibility index (Phi) is 29.4. The van der Waals surface area contributed by atoms with Crippen LogP contribution in [0.15, 0.2) is 145 Å². The van der Waals surface area contributed by atoms with Crippen molar-refractivity contribution in [3.8, 4) is 0 Å². The Hall–Kier alpha value is -10.6. The third kappa shape index (κ3) is 22.5. The number of nitrogens with two attached hydrogens (primary N) is 3. The van der Waals surface area contributed by atoms with Crippen molar-refractivity contribution in [3.05, 3.63) is 179 Å². The molecular formula is C81H106FN17O10. The summed E-state index contributed by atoms with van der Waals surface area (Å²) >= 11 is 0. The number of nitrogens with one attached hydrogen (secondary N) is 11. The summed E-state index contributed by atoms with van der Waals surface area (Å²) in [6, 6.07) is 25.8. The van der Waals surface area contributed by atoms with E-state index in [-0.39, 0.29) is 96.3 Å². The van der Waals surface area contributed by atoms with Crippen LogP contribution >= 0.6 is 0 Å². The number of H-pyrrole nitrogens is 2. The number of benzene rings is 5. The Morgan fingerprint density at radius 3 is 1.83 bits per heavy atom. The summed E-state index contributed by atoms with van der Waals surface area (Å²) in [5.41, 5.74) is 24.3. The summed E-state index contributed by atoms with van der Waals surface area (Å²) in [5, 5.41) is 39.7. The quantitative estimate of drug-likeness (QED) is 0.0235. The van der Waals surface area contributed by atoms with Gasteiger partial charge in [0, 0.05) is 105 Å². The lowest BCUT2D eigenvalue weighted by Crippen LogP contribution is -2.62. The van der Waals surface area contributed by atoms with Gasteiger partial charge in [-0.3, -0.25) is 48.1 Å². The molecule has 10 rings (SSSR count). The number of amides is 9. The lowest BCUT2D eigenvalue weighted by molar-refractivity contribution is -0.141. The number of para-hydroxylation sites is 1. The average molecular weight is 1500 g/mol. The number of aromatic amines is 2. The summed E-state index contributed by atoms with van der Waals surface area (Å²) in [6.45, 7) is 5.15. The third-order valence-corrected chi connectivity index (χ3v) is 21.1. The molecule has 3 aliphatic rings. The number of aliphatic hydroxyl groups excluding tert-OH is 1. The second-order valence-corrected chi connectivity index (χ2v) is 29.2. The van der Waals surface area contributed by atoms with Gasteiger partial charge in [-0.1, -0.05) is 103 Å². The van der Waals surface area contributed by atoms with Crippen molar-refractivity contribution < 1.29 is 52.6 Å². The fourth-order valence-electron chi connectivity index (χ4n) is 15.4. The highest BCUT2D eigenvalue weighted by atomic mass is 19.1. The molecule has 27 nitrogen and oxygen atoms in total. The van der Waals surface area contributed by atoms with Gasteiger partial charge in [0.05, 0.1) is 6.10 Å². The van der Waals surface area contributed by atoms with E-state index in [1.807, 2.05) is 24.3 Å². The molecule has 7 aromatic rings. The third-order valence-electron chi connectivity index (χ3n) is 21.1. The van der Waals surface area contributed by atoms with Gasteiger partial charge in [0.2, 0.25) is 53.2 Å². The molecule has 1 aliphatic carbocycles. The predicted octanol–water partition coefficient (Wildman–Crippen LogP) is 3.17. The van der Waals surface area contributed by atoms with E-state index in [2.05, 4.69) is 99.2 Å². The number of unbranched alkanes of at least 4 members (excludes halogenated alkanes) is 1. The number of piperidine rings is 1. The van der Waals surface area contributed by atoms with Crippen LogP contribution in [0.3, 0.4) is 0 Å². The number of guanidine groups is 1. The molecule has 12 atom stereocenters. The number of rotatable bonds is 24. The van der Waals surface area contributed by atoms with Gasteiger partial charge in [0.25, 0.3) is 0 Å². The summed E-state index contributed by atoms with van der Waals surface area (Å²) in [4.78, 5) is 150. The second kappa shape index (κ2) is 39.5. The fraction of sp³-hybridized carbons (Fsp3) is 0.457. The molecule has 9 amide bonds. The number of likely N-dealkylation sites (N-methyl/N-ethyl adjacent to an activating group) is 1. The van der Waals surface area contributed by atoms with E-state index < -0.39 is 113 Å². The zero-order valence-electron chi connectivity index (χ0n) is 62.3. The number of aliphatic imine (C=N–C) groups is 1. The number of aromatic nitrogens is 2. The van der Waals surface area contributed by atoms with E-state index >= 15 is 24.0 Å². The Morgan fingerprint density at radius 2 is 1.18 bits per heavy atom. The van der Waals surface area contributed by atoms with Gasteiger partial charge in [0.1, 0.15) is 54.2 Å². The van der Waals surface area contributed by atoms with Crippen LogP contribution in [-0.4, -0.2) is 197 Å². The number of nitrogens with zero attached hydrogens (tertiary/aromatic N) is 3. The number of carbonyl (C=O) groups is 9. The van der Waals surface area contributed by atoms with Crippen LogP contribution in [0.25, 0.3) is 21.8 Å². The minimum atomic E-state index is -1.72. The Labute approximate surface area is 634 Å². The highest BCUT2D eigenvalue weighted by Crippen LogP contribution is 2.44. The number of fused-ring (bicyclic) bond motifs is 3. The normalized spacial score (nSPS) is 23.6. The predicted molar refractivity (Wildman–Crippen MR) is 415 cm³/mol. The molecule has 0 radical (unpaired) electrons. The van der Waals surface area contributed by atoms with Crippen LogP contribution in [0.2, 0.25) is 0 Å². The topological polar surface area (TPSA) is 411 Å². The summed E-state index contributed by atoms with van der Waals surface area (Å²) < 4.78 is 14.3. The van der Waals surface area contributed by atoms with E-state index in [1.54, 1.807) is 66.9 Å². The largest absolute Gasteiger partial charge is 0.391 e. The summed E-state index contributed by atoms with van der Waals surface area (Å²) in [6.07, 6.45) is 5.41. The van der Waals surface area contributed by atoms with Gasteiger partial charge in [-0.15, -0.1) is 0 Å². The molecule has 5 aromatic carbocycles. The molecule has 4 heterocycles. The van der Waals surface area contributed by atoms with Crippen molar-refractivity contribution in [1.82, 2.24) is 67.6 Å². The van der Waals surface area contributed by atoms with E-state index in [1.165, 1.54) is 59.5 Å². The number of hydrogen-bond acceptors (Lipinski definition) is 14. The van der Waals surface area contributed by atoms with E-state index in [9.17, 15) is 28.7 Å². The second-order valence-electron chi connectivity index (χ2n) is 29.2. The SMILES string of the molecule is CC(=O)N(CCCNC[C@@H]1C[C@@H]2c3cccc4[nH]cc(c34)C[C@H]2N(C)C1)[C@@H]1CCCCNC(=O)[C@H](Cc2ccc(F)cc2)NC(=O)[C@H]([C@@H](C)O)NC(=O)[C@H](CCCCN)NC(=O)[C@@H](Cc2c[nH]c3ccccc23)NC(=O)[C@H](Cc2ccccc2)NC(=O)[C@H](Cc2ccccc2)NC(=O)[C@H](CCCN=C(N)N)NC1=O. The van der Waals surface area contributed by atoms with Gasteiger partial charge in [-0.05, 0) is 168 Å². The van der Waals surface area contributed by atoms with E-state index in [0.717, 1.165) is 35.8 Å². The lowest BCUT2D eigenvalue weighted by Gasteiger charge is -2.45. The number of hydrogen-bond donors (Lipinski definition) is 15. The Bertz CT molecular complexity index is 4270. The van der Waals surface area contributed by atoms with Crippen LogP contribution in [0, 0.1) is 11.7 Å². The maximum absolute atomic E-state index is 15.4. The molecule has 109 heavy (non-hydrogen) atoms. The highest BCUT2D eigenvalue weighted by Gasteiger charge is 2.41. The van der Waals surface area contributed by atoms with Crippen molar-refractivity contribution in [1.29, 1.82) is 0 Å². The van der Waals surface area contributed by atoms with Gasteiger partial charge < -0.3 is 89.9 Å². The molecule has 18 N–H and O–H groups in total. The first-order valence-corrected chi connectivity index (χ1v) is 38.1.